The van der Waals surface area contributed by atoms with E-state index >= 15 is 0 Å². The zero-order chi connectivity index (χ0) is 20.2. The molecule has 1 aliphatic rings. The highest BCUT2D eigenvalue weighted by molar-refractivity contribution is 7.91. The number of amides is 1. The lowest BCUT2D eigenvalue weighted by atomic mass is 10.2. The number of nitrogens with zero attached hydrogens (tertiary/aromatic N) is 1. The number of aryl methyl sites for hydroxylation is 1. The van der Waals surface area contributed by atoms with E-state index in [1.807, 2.05) is 6.92 Å². The van der Waals surface area contributed by atoms with E-state index in [1.165, 1.54) is 24.1 Å². The normalized spacial score (nSPS) is 18.8. The molecule has 8 nitrogen and oxygen atoms in total. The summed E-state index contributed by atoms with van der Waals surface area (Å²) in [6.45, 7) is 1.29. The molecule has 1 aliphatic heterocycles. The maximum atomic E-state index is 12.2. The summed E-state index contributed by atoms with van der Waals surface area (Å²) < 4.78 is 52.2. The Balaban J connectivity index is 1.80. The fourth-order valence-electron chi connectivity index (χ4n) is 2.68. The van der Waals surface area contributed by atoms with Crippen LogP contribution in [0.2, 0.25) is 0 Å². The number of esters is 1. The van der Waals surface area contributed by atoms with Crippen LogP contribution in [0, 0.1) is 6.92 Å². The molecule has 0 aromatic heterocycles. The van der Waals surface area contributed by atoms with Crippen LogP contribution in [0.1, 0.15) is 18.4 Å². The lowest BCUT2D eigenvalue weighted by molar-refractivity contribution is -0.151. The summed E-state index contributed by atoms with van der Waals surface area (Å²) in [6, 6.07) is 5.86. The van der Waals surface area contributed by atoms with Gasteiger partial charge in [-0.05, 0) is 25.5 Å². The fraction of sp³-hybridized carbons (Fsp3) is 0.529. The van der Waals surface area contributed by atoms with Gasteiger partial charge in [-0.3, -0.25) is 9.59 Å². The molecule has 1 saturated heterocycles. The molecule has 150 valence electrons. The molecule has 27 heavy (non-hydrogen) atoms. The van der Waals surface area contributed by atoms with Gasteiger partial charge in [-0.15, -0.1) is 0 Å². The van der Waals surface area contributed by atoms with Crippen molar-refractivity contribution >= 4 is 31.6 Å². The number of likely N-dealkylation sites (N-methyl/N-ethyl adjacent to an activating group) is 1. The quantitative estimate of drug-likeness (QED) is 0.588. The molecule has 0 bridgehead atoms. The smallest absolute Gasteiger partial charge is 0.307 e. The maximum absolute atomic E-state index is 12.2. The third-order valence-corrected chi connectivity index (χ3v) is 7.94. The Bertz CT molecular complexity index is 905. The lowest BCUT2D eigenvalue weighted by Gasteiger charge is -2.23. The third kappa shape index (κ3) is 6.03. The second-order valence-corrected chi connectivity index (χ2v) is 10.9. The topological polar surface area (TPSA) is 115 Å². The highest BCUT2D eigenvalue weighted by Gasteiger charge is 2.33. The molecular formula is C17H23NO7S2. The van der Waals surface area contributed by atoms with E-state index in [9.17, 15) is 26.4 Å². The summed E-state index contributed by atoms with van der Waals surface area (Å²) in [7, 11) is -5.28. The van der Waals surface area contributed by atoms with Crippen LogP contribution in [0.4, 0.5) is 0 Å². The van der Waals surface area contributed by atoms with Crippen LogP contribution < -0.4 is 0 Å². The molecule has 2 rings (SSSR count). The summed E-state index contributed by atoms with van der Waals surface area (Å²) in [4.78, 5) is 25.2. The van der Waals surface area contributed by atoms with Gasteiger partial charge in [0, 0.05) is 13.1 Å². The standard InChI is InChI=1S/C17H23NO7S2/c1-13-3-5-15(6-4-13)27(23,24)10-8-17(20)25-11-16(19)18(2)14-7-9-26(21,22)12-14/h3-6,14H,7-12H2,1-2H3/t14-/m0/s1. The van der Waals surface area contributed by atoms with Gasteiger partial charge in [0.05, 0.1) is 28.6 Å². The van der Waals surface area contributed by atoms with Crippen LogP contribution in [0.5, 0.6) is 0 Å². The molecule has 0 radical (unpaired) electrons. The predicted molar refractivity (Wildman–Crippen MR) is 98.6 cm³/mol. The minimum atomic E-state index is -3.62. The second-order valence-electron chi connectivity index (χ2n) is 6.60. The highest BCUT2D eigenvalue weighted by atomic mass is 32.2. The van der Waals surface area contributed by atoms with Crippen molar-refractivity contribution in [2.24, 2.45) is 0 Å². The first kappa shape index (κ1) is 21.4. The molecule has 10 heteroatoms. The molecule has 0 saturated carbocycles. The Morgan fingerprint density at radius 2 is 1.85 bits per heavy atom. The molecule has 0 unspecified atom stereocenters. The number of benzene rings is 1. The van der Waals surface area contributed by atoms with E-state index in [4.69, 9.17) is 4.74 Å². The van der Waals surface area contributed by atoms with Crippen LogP contribution in [-0.2, 0) is 34.0 Å². The van der Waals surface area contributed by atoms with Crippen molar-refractivity contribution in [3.8, 4) is 0 Å². The lowest BCUT2D eigenvalue weighted by Crippen LogP contribution is -2.40. The van der Waals surface area contributed by atoms with Crippen LogP contribution in [0.25, 0.3) is 0 Å². The SMILES string of the molecule is Cc1ccc(S(=O)(=O)CCC(=O)OCC(=O)N(C)[C@H]2CCS(=O)(=O)C2)cc1. The number of rotatable bonds is 7. The minimum absolute atomic E-state index is 0.0337. The molecule has 1 atom stereocenters. The van der Waals surface area contributed by atoms with Crippen molar-refractivity contribution in [3.63, 3.8) is 0 Å². The van der Waals surface area contributed by atoms with Crippen LogP contribution >= 0.6 is 0 Å². The molecule has 1 heterocycles. The maximum Gasteiger partial charge on any atom is 0.307 e. The van der Waals surface area contributed by atoms with Crippen LogP contribution in [0.3, 0.4) is 0 Å². The molecule has 1 amide bonds. The minimum Gasteiger partial charge on any atom is -0.456 e. The molecule has 1 aromatic rings. The highest BCUT2D eigenvalue weighted by Crippen LogP contribution is 2.17. The summed E-state index contributed by atoms with van der Waals surface area (Å²) in [6.07, 6.45) is -0.0156. The van der Waals surface area contributed by atoms with E-state index in [2.05, 4.69) is 0 Å². The number of ether oxygens (including phenoxy) is 1. The van der Waals surface area contributed by atoms with Crippen molar-refractivity contribution in [1.29, 1.82) is 0 Å². The van der Waals surface area contributed by atoms with Gasteiger partial charge in [-0.2, -0.15) is 0 Å². The number of hydrogen-bond donors (Lipinski definition) is 0. The Morgan fingerprint density at radius 1 is 1.22 bits per heavy atom. The predicted octanol–water partition coefficient (Wildman–Crippen LogP) is 0.348. The second kappa shape index (κ2) is 8.39. The first-order valence-corrected chi connectivity index (χ1v) is 11.9. The van der Waals surface area contributed by atoms with Crippen molar-refractivity contribution < 1.29 is 31.2 Å². The first-order chi connectivity index (χ1) is 12.5. The summed E-state index contributed by atoms with van der Waals surface area (Å²) in [5.41, 5.74) is 0.922. The van der Waals surface area contributed by atoms with Crippen LogP contribution in [-0.4, -0.2) is 70.6 Å². The molecule has 0 aliphatic carbocycles. The Morgan fingerprint density at radius 3 is 2.41 bits per heavy atom. The van der Waals surface area contributed by atoms with Gasteiger partial charge in [0.2, 0.25) is 0 Å². The van der Waals surface area contributed by atoms with E-state index in [0.29, 0.717) is 6.42 Å². The van der Waals surface area contributed by atoms with Crippen molar-refractivity contribution in [2.45, 2.75) is 30.7 Å². The Labute approximate surface area is 159 Å². The van der Waals surface area contributed by atoms with E-state index in [1.54, 1.807) is 12.1 Å². The zero-order valence-corrected chi connectivity index (χ0v) is 16.9. The van der Waals surface area contributed by atoms with Crippen LogP contribution in [0.15, 0.2) is 29.2 Å². The molecule has 1 fully saturated rings. The summed E-state index contributed by atoms with van der Waals surface area (Å²) >= 11 is 0. The Hall–Kier alpha value is -1.94. The van der Waals surface area contributed by atoms with Gasteiger partial charge in [-0.25, -0.2) is 16.8 Å². The average Bonchev–Trinajstić information content (AvgIpc) is 2.97. The summed E-state index contributed by atoms with van der Waals surface area (Å²) in [5, 5.41) is 0. The Kier molecular flexibility index (Phi) is 6.63. The number of sulfone groups is 2. The third-order valence-electron chi connectivity index (χ3n) is 4.46. The summed E-state index contributed by atoms with van der Waals surface area (Å²) in [5.74, 6) is -1.80. The van der Waals surface area contributed by atoms with Gasteiger partial charge < -0.3 is 9.64 Å². The zero-order valence-electron chi connectivity index (χ0n) is 15.3. The largest absolute Gasteiger partial charge is 0.456 e. The monoisotopic (exact) mass is 417 g/mol. The molecule has 0 N–H and O–H groups in total. The van der Waals surface area contributed by atoms with Crippen molar-refractivity contribution in [2.75, 3.05) is 30.9 Å². The van der Waals surface area contributed by atoms with E-state index in [0.717, 1.165) is 5.56 Å². The van der Waals surface area contributed by atoms with E-state index in [-0.39, 0.29) is 22.8 Å². The van der Waals surface area contributed by atoms with Gasteiger partial charge in [0.15, 0.2) is 26.3 Å². The fourth-order valence-corrected chi connectivity index (χ4v) is 5.68. The first-order valence-electron chi connectivity index (χ1n) is 8.41. The molecule has 1 aromatic carbocycles. The average molecular weight is 418 g/mol. The number of hydrogen-bond acceptors (Lipinski definition) is 7. The van der Waals surface area contributed by atoms with Gasteiger partial charge in [0.25, 0.3) is 5.91 Å². The molecule has 0 spiro atoms. The number of carbonyl (C=O) groups is 2. The molecular weight excluding hydrogens is 394 g/mol. The van der Waals surface area contributed by atoms with E-state index < -0.39 is 50.0 Å². The van der Waals surface area contributed by atoms with Gasteiger partial charge in [0.1, 0.15) is 0 Å². The van der Waals surface area contributed by atoms with Crippen molar-refractivity contribution in [1.82, 2.24) is 4.90 Å². The van der Waals surface area contributed by atoms with Gasteiger partial charge in [-0.1, -0.05) is 17.7 Å². The van der Waals surface area contributed by atoms with Gasteiger partial charge >= 0.3 is 5.97 Å². The van der Waals surface area contributed by atoms with Crippen molar-refractivity contribution in [3.05, 3.63) is 29.8 Å². The number of carbonyl (C=O) groups excluding carboxylic acids is 2.